The molecule has 0 amide bonds. The Morgan fingerprint density at radius 2 is 0.763 bits per heavy atom. The molecule has 0 aliphatic rings. The minimum absolute atomic E-state index is 0.140. The molecule has 0 saturated heterocycles. The average molecular weight is 491 g/mol. The van der Waals surface area contributed by atoms with Crippen molar-refractivity contribution in [3.05, 3.63) is 144 Å². The molecule has 0 spiro atoms. The summed E-state index contributed by atoms with van der Waals surface area (Å²) in [7, 11) is 0. The van der Waals surface area contributed by atoms with Crippen molar-refractivity contribution in [2.24, 2.45) is 0 Å². The number of aromatic hydroxyl groups is 2. The predicted octanol–water partition coefficient (Wildman–Crippen LogP) is 9.41. The van der Waals surface area contributed by atoms with Crippen molar-refractivity contribution in [2.75, 3.05) is 0 Å². The summed E-state index contributed by atoms with van der Waals surface area (Å²) in [5.74, 6) is 0.279. The Bertz CT molecular complexity index is 1680. The van der Waals surface area contributed by atoms with Gasteiger partial charge in [-0.05, 0) is 68.1 Å². The highest BCUT2D eigenvalue weighted by Crippen LogP contribution is 2.44. The van der Waals surface area contributed by atoms with E-state index in [4.69, 9.17) is 0 Å². The van der Waals surface area contributed by atoms with Gasteiger partial charge in [0, 0.05) is 11.1 Å². The summed E-state index contributed by atoms with van der Waals surface area (Å²) in [6.07, 6.45) is 8.34. The zero-order valence-corrected chi connectivity index (χ0v) is 20.8. The van der Waals surface area contributed by atoms with Crippen LogP contribution < -0.4 is 0 Å². The highest BCUT2D eigenvalue weighted by molar-refractivity contribution is 6.10. The van der Waals surface area contributed by atoms with E-state index in [2.05, 4.69) is 60.7 Å². The van der Waals surface area contributed by atoms with E-state index in [0.717, 1.165) is 43.8 Å². The molecule has 6 rings (SSSR count). The lowest BCUT2D eigenvalue weighted by atomic mass is 9.91. The maximum atomic E-state index is 11.0. The first kappa shape index (κ1) is 23.3. The Balaban J connectivity index is 1.43. The van der Waals surface area contributed by atoms with Gasteiger partial charge in [-0.3, -0.25) is 0 Å². The third-order valence-corrected chi connectivity index (χ3v) is 6.83. The Morgan fingerprint density at radius 3 is 1.18 bits per heavy atom. The molecule has 0 fully saturated rings. The smallest absolute Gasteiger partial charge is 0.124 e. The predicted molar refractivity (Wildman–Crippen MR) is 161 cm³/mol. The minimum atomic E-state index is 0.140. The number of hydrogen-bond donors (Lipinski definition) is 2. The standard InChI is InChI=1S/C36H26O2/c37-33-21-17-29-23-27(13-11-25-7-3-1-4-8-25)15-19-31(29)35(33)36-32-20-16-28(24-30(32)18-22-34(36)38)14-12-26-9-5-2-6-10-26/h1-24,37-38H/b13-11+,14-12+. The third kappa shape index (κ3) is 4.68. The van der Waals surface area contributed by atoms with Gasteiger partial charge in [0.05, 0.1) is 0 Å². The largest absolute Gasteiger partial charge is 0.507 e. The van der Waals surface area contributed by atoms with E-state index in [-0.39, 0.29) is 11.5 Å². The molecule has 0 atom stereocenters. The molecule has 0 radical (unpaired) electrons. The van der Waals surface area contributed by atoms with Crippen molar-refractivity contribution in [2.45, 2.75) is 0 Å². The first-order valence-electron chi connectivity index (χ1n) is 12.6. The Labute approximate surface area is 222 Å². The fourth-order valence-electron chi connectivity index (χ4n) is 4.92. The first-order chi connectivity index (χ1) is 18.7. The molecule has 0 saturated carbocycles. The summed E-state index contributed by atoms with van der Waals surface area (Å²) in [6, 6.07) is 40.0. The molecule has 2 N–H and O–H groups in total. The van der Waals surface area contributed by atoms with Gasteiger partial charge >= 0.3 is 0 Å². The molecule has 6 aromatic rings. The number of phenols is 2. The van der Waals surface area contributed by atoms with Gasteiger partial charge in [-0.15, -0.1) is 0 Å². The molecule has 6 aromatic carbocycles. The monoisotopic (exact) mass is 490 g/mol. The van der Waals surface area contributed by atoms with E-state index in [0.29, 0.717) is 11.1 Å². The zero-order valence-electron chi connectivity index (χ0n) is 20.8. The van der Waals surface area contributed by atoms with Crippen molar-refractivity contribution in [1.82, 2.24) is 0 Å². The number of benzene rings is 6. The second-order valence-corrected chi connectivity index (χ2v) is 9.37. The van der Waals surface area contributed by atoms with Gasteiger partial charge in [-0.2, -0.15) is 0 Å². The highest BCUT2D eigenvalue weighted by Gasteiger charge is 2.17. The van der Waals surface area contributed by atoms with Gasteiger partial charge in [0.2, 0.25) is 0 Å². The molecule has 0 aliphatic heterocycles. The molecule has 0 aliphatic carbocycles. The number of phenolic OH excluding ortho intramolecular Hbond substituents is 2. The van der Waals surface area contributed by atoms with Crippen molar-refractivity contribution in [3.8, 4) is 22.6 Å². The van der Waals surface area contributed by atoms with Crippen molar-refractivity contribution >= 4 is 45.8 Å². The maximum Gasteiger partial charge on any atom is 0.124 e. The molecular weight excluding hydrogens is 464 g/mol. The van der Waals surface area contributed by atoms with E-state index >= 15 is 0 Å². The van der Waals surface area contributed by atoms with E-state index < -0.39 is 0 Å². The van der Waals surface area contributed by atoms with Crippen molar-refractivity contribution < 1.29 is 10.2 Å². The normalized spacial score (nSPS) is 11.7. The van der Waals surface area contributed by atoms with E-state index in [1.807, 2.05) is 72.8 Å². The molecule has 38 heavy (non-hydrogen) atoms. The summed E-state index contributed by atoms with van der Waals surface area (Å²) in [5.41, 5.74) is 5.67. The SMILES string of the molecule is Oc1ccc2cc(/C=C/c3ccccc3)ccc2c1-c1c(O)ccc2cc(/C=C/c3ccccc3)ccc12. The summed E-state index contributed by atoms with van der Waals surface area (Å²) in [4.78, 5) is 0. The first-order valence-corrected chi connectivity index (χ1v) is 12.6. The topological polar surface area (TPSA) is 40.5 Å². The van der Waals surface area contributed by atoms with Crippen LogP contribution in [-0.4, -0.2) is 10.2 Å². The van der Waals surface area contributed by atoms with Crippen LogP contribution in [0.5, 0.6) is 11.5 Å². The van der Waals surface area contributed by atoms with Crippen molar-refractivity contribution in [1.29, 1.82) is 0 Å². The molecule has 0 unspecified atom stereocenters. The zero-order chi connectivity index (χ0) is 25.9. The van der Waals surface area contributed by atoms with E-state index in [9.17, 15) is 10.2 Å². The summed E-state index contributed by atoms with van der Waals surface area (Å²) < 4.78 is 0. The lowest BCUT2D eigenvalue weighted by molar-refractivity contribution is 0.470. The lowest BCUT2D eigenvalue weighted by Gasteiger charge is -2.15. The minimum Gasteiger partial charge on any atom is -0.507 e. The van der Waals surface area contributed by atoms with Crippen LogP contribution in [0.3, 0.4) is 0 Å². The van der Waals surface area contributed by atoms with Crippen LogP contribution in [0, 0.1) is 0 Å². The van der Waals surface area contributed by atoms with Crippen LogP contribution in [0.2, 0.25) is 0 Å². The van der Waals surface area contributed by atoms with Crippen LogP contribution in [-0.2, 0) is 0 Å². The fourth-order valence-corrected chi connectivity index (χ4v) is 4.92. The van der Waals surface area contributed by atoms with Crippen LogP contribution in [0.15, 0.2) is 121 Å². The lowest BCUT2D eigenvalue weighted by Crippen LogP contribution is -1.88. The average Bonchev–Trinajstić information content (AvgIpc) is 2.96. The quantitative estimate of drug-likeness (QED) is 0.236. The van der Waals surface area contributed by atoms with Crippen LogP contribution in [0.25, 0.3) is 57.0 Å². The van der Waals surface area contributed by atoms with Crippen LogP contribution >= 0.6 is 0 Å². The molecule has 0 bridgehead atoms. The van der Waals surface area contributed by atoms with Crippen LogP contribution in [0.1, 0.15) is 22.3 Å². The van der Waals surface area contributed by atoms with Gasteiger partial charge in [0.1, 0.15) is 11.5 Å². The number of fused-ring (bicyclic) bond motifs is 2. The van der Waals surface area contributed by atoms with Crippen LogP contribution in [0.4, 0.5) is 0 Å². The van der Waals surface area contributed by atoms with Gasteiger partial charge < -0.3 is 10.2 Å². The van der Waals surface area contributed by atoms with Gasteiger partial charge in [-0.1, -0.05) is 121 Å². The van der Waals surface area contributed by atoms with Gasteiger partial charge in [-0.25, -0.2) is 0 Å². The van der Waals surface area contributed by atoms with E-state index in [1.54, 1.807) is 12.1 Å². The second-order valence-electron chi connectivity index (χ2n) is 9.37. The van der Waals surface area contributed by atoms with Gasteiger partial charge in [0.15, 0.2) is 0 Å². The Kier molecular flexibility index (Phi) is 6.21. The summed E-state index contributed by atoms with van der Waals surface area (Å²) in [5, 5.41) is 25.8. The third-order valence-electron chi connectivity index (χ3n) is 6.83. The molecule has 182 valence electrons. The molecule has 2 nitrogen and oxygen atoms in total. The Morgan fingerprint density at radius 1 is 0.368 bits per heavy atom. The molecule has 0 aromatic heterocycles. The fraction of sp³-hybridized carbons (Fsp3) is 0. The van der Waals surface area contributed by atoms with Crippen molar-refractivity contribution in [3.63, 3.8) is 0 Å². The molecular formula is C36H26O2. The summed E-state index contributed by atoms with van der Waals surface area (Å²) in [6.45, 7) is 0. The molecule has 0 heterocycles. The number of rotatable bonds is 5. The molecule has 2 heteroatoms. The Hall–Kier alpha value is -5.08. The second kappa shape index (κ2) is 10.1. The van der Waals surface area contributed by atoms with E-state index in [1.165, 1.54) is 0 Å². The maximum absolute atomic E-state index is 11.0. The highest BCUT2D eigenvalue weighted by atomic mass is 16.3. The number of hydrogen-bond acceptors (Lipinski definition) is 2. The summed E-state index contributed by atoms with van der Waals surface area (Å²) >= 11 is 0. The van der Waals surface area contributed by atoms with Gasteiger partial charge in [0.25, 0.3) is 0 Å².